The average molecular weight is 404 g/mol. The molecule has 0 radical (unpaired) electrons. The Labute approximate surface area is 165 Å². The number of thioether (sulfide) groups is 1. The number of aromatic nitrogens is 2. The number of fused-ring (bicyclic) bond motifs is 1. The maximum absolute atomic E-state index is 12.7. The molecule has 3 aromatic rings. The van der Waals surface area contributed by atoms with Gasteiger partial charge >= 0.3 is 0 Å². The van der Waals surface area contributed by atoms with Gasteiger partial charge in [0.1, 0.15) is 10.6 Å². The average Bonchev–Trinajstić information content (AvgIpc) is 2.93. The molecule has 1 N–H and O–H groups in total. The van der Waals surface area contributed by atoms with Gasteiger partial charge < -0.3 is 10.1 Å². The largest absolute Gasteiger partial charge is 0.495 e. The fourth-order valence-corrected chi connectivity index (χ4v) is 4.60. The lowest BCUT2D eigenvalue weighted by Gasteiger charge is -2.15. The van der Waals surface area contributed by atoms with Crippen LogP contribution in [0.3, 0.4) is 0 Å². The summed E-state index contributed by atoms with van der Waals surface area (Å²) in [6.45, 7) is 5.71. The highest BCUT2D eigenvalue weighted by Crippen LogP contribution is 2.30. The van der Waals surface area contributed by atoms with E-state index in [1.807, 2.05) is 26.0 Å². The van der Waals surface area contributed by atoms with E-state index in [1.54, 1.807) is 33.2 Å². The third-order valence-corrected chi connectivity index (χ3v) is 6.63. The molecule has 0 aliphatic heterocycles. The highest BCUT2D eigenvalue weighted by Gasteiger charge is 2.21. The molecule has 2 aromatic heterocycles. The standard InChI is InChI=1S/C19H21N3O3S2/c1-10-11(2)26-17-15(10)18(24)22(4)19(21-17)27-12(3)16(23)20-13-8-6-7-9-14(13)25-5/h6-9,12H,1-5H3,(H,20,23)/t12-/m1/s1. The molecule has 2 heterocycles. The Balaban J connectivity index is 1.85. The van der Waals surface area contributed by atoms with Crippen LogP contribution in [0.15, 0.2) is 34.2 Å². The number of carbonyl (C=O) groups excluding carboxylic acids is 1. The topological polar surface area (TPSA) is 73.2 Å². The van der Waals surface area contributed by atoms with Gasteiger partial charge in [-0.05, 0) is 38.5 Å². The minimum Gasteiger partial charge on any atom is -0.495 e. The molecule has 0 bridgehead atoms. The number of benzene rings is 1. The fourth-order valence-electron chi connectivity index (χ4n) is 2.66. The van der Waals surface area contributed by atoms with E-state index < -0.39 is 5.25 Å². The number of nitrogens with zero attached hydrogens (tertiary/aromatic N) is 2. The quantitative estimate of drug-likeness (QED) is 0.519. The van der Waals surface area contributed by atoms with Gasteiger partial charge in [0.2, 0.25) is 5.91 Å². The van der Waals surface area contributed by atoms with Crippen molar-refractivity contribution in [2.75, 3.05) is 12.4 Å². The molecule has 0 spiro atoms. The van der Waals surface area contributed by atoms with Gasteiger partial charge in [-0.2, -0.15) is 0 Å². The number of methoxy groups -OCH3 is 1. The lowest BCUT2D eigenvalue weighted by atomic mass is 10.2. The normalized spacial score (nSPS) is 12.2. The molecule has 1 amide bonds. The molecule has 8 heteroatoms. The first-order valence-corrected chi connectivity index (χ1v) is 10.1. The number of ether oxygens (including phenoxy) is 1. The van der Waals surface area contributed by atoms with E-state index in [-0.39, 0.29) is 11.5 Å². The number of hydrogen-bond acceptors (Lipinski definition) is 6. The molecule has 0 aliphatic rings. The molecule has 142 valence electrons. The Bertz CT molecular complexity index is 1070. The number of aryl methyl sites for hydroxylation is 2. The van der Waals surface area contributed by atoms with Gasteiger partial charge in [0, 0.05) is 11.9 Å². The van der Waals surface area contributed by atoms with E-state index in [9.17, 15) is 9.59 Å². The highest BCUT2D eigenvalue weighted by molar-refractivity contribution is 8.00. The number of para-hydroxylation sites is 2. The van der Waals surface area contributed by atoms with Crippen LogP contribution in [0.25, 0.3) is 10.2 Å². The number of thiophene rings is 1. The summed E-state index contributed by atoms with van der Waals surface area (Å²) in [6, 6.07) is 7.24. The third kappa shape index (κ3) is 3.72. The van der Waals surface area contributed by atoms with Crippen molar-refractivity contribution in [3.63, 3.8) is 0 Å². The van der Waals surface area contributed by atoms with Crippen molar-refractivity contribution in [2.45, 2.75) is 31.2 Å². The molecule has 0 saturated heterocycles. The Morgan fingerprint density at radius 3 is 2.74 bits per heavy atom. The van der Waals surface area contributed by atoms with Gasteiger partial charge in [-0.15, -0.1) is 11.3 Å². The van der Waals surface area contributed by atoms with E-state index in [1.165, 1.54) is 27.7 Å². The van der Waals surface area contributed by atoms with Crippen LogP contribution in [0.5, 0.6) is 5.75 Å². The molecule has 0 aliphatic carbocycles. The summed E-state index contributed by atoms with van der Waals surface area (Å²) in [5, 5.41) is 3.62. The molecule has 6 nitrogen and oxygen atoms in total. The second-order valence-electron chi connectivity index (χ2n) is 6.17. The maximum Gasteiger partial charge on any atom is 0.262 e. The van der Waals surface area contributed by atoms with Crippen LogP contribution in [-0.2, 0) is 11.8 Å². The van der Waals surface area contributed by atoms with Crippen molar-refractivity contribution in [3.05, 3.63) is 45.1 Å². The Kier molecular flexibility index (Phi) is 5.57. The molecule has 0 unspecified atom stereocenters. The molecule has 0 saturated carbocycles. The zero-order chi connectivity index (χ0) is 19.7. The monoisotopic (exact) mass is 403 g/mol. The first-order valence-electron chi connectivity index (χ1n) is 8.40. The Morgan fingerprint density at radius 2 is 2.04 bits per heavy atom. The van der Waals surface area contributed by atoms with E-state index >= 15 is 0 Å². The summed E-state index contributed by atoms with van der Waals surface area (Å²) in [7, 11) is 3.25. The van der Waals surface area contributed by atoms with Gasteiger partial charge in [0.15, 0.2) is 5.16 Å². The summed E-state index contributed by atoms with van der Waals surface area (Å²) >= 11 is 2.76. The molecule has 3 rings (SSSR count). The van der Waals surface area contributed by atoms with E-state index in [4.69, 9.17) is 4.74 Å². The van der Waals surface area contributed by atoms with Crippen LogP contribution in [0.2, 0.25) is 0 Å². The van der Waals surface area contributed by atoms with Gasteiger partial charge in [-0.25, -0.2) is 4.98 Å². The predicted molar refractivity (Wildman–Crippen MR) is 111 cm³/mol. The first-order chi connectivity index (χ1) is 12.8. The molecule has 0 fully saturated rings. The second-order valence-corrected chi connectivity index (χ2v) is 8.68. The number of amides is 1. The number of nitrogens with one attached hydrogen (secondary N) is 1. The SMILES string of the molecule is COc1ccccc1NC(=O)[C@@H](C)Sc1nc2sc(C)c(C)c2c(=O)n1C. The highest BCUT2D eigenvalue weighted by atomic mass is 32.2. The van der Waals surface area contributed by atoms with Crippen molar-refractivity contribution in [3.8, 4) is 5.75 Å². The molecular formula is C19H21N3O3S2. The van der Waals surface area contributed by atoms with Crippen molar-refractivity contribution in [1.82, 2.24) is 9.55 Å². The van der Waals surface area contributed by atoms with Crippen LogP contribution in [0, 0.1) is 13.8 Å². The van der Waals surface area contributed by atoms with Crippen LogP contribution in [0.1, 0.15) is 17.4 Å². The van der Waals surface area contributed by atoms with Gasteiger partial charge in [0.05, 0.1) is 23.4 Å². The van der Waals surface area contributed by atoms with Crippen LogP contribution < -0.4 is 15.6 Å². The first kappa shape index (κ1) is 19.4. The summed E-state index contributed by atoms with van der Waals surface area (Å²) in [4.78, 5) is 31.7. The molecular weight excluding hydrogens is 382 g/mol. The van der Waals surface area contributed by atoms with Gasteiger partial charge in [-0.1, -0.05) is 23.9 Å². The Hall–Kier alpha value is -2.32. The van der Waals surface area contributed by atoms with Crippen molar-refractivity contribution in [2.24, 2.45) is 7.05 Å². The van der Waals surface area contributed by atoms with Crippen LogP contribution >= 0.6 is 23.1 Å². The minimum absolute atomic E-state index is 0.0818. The smallest absolute Gasteiger partial charge is 0.262 e. The second kappa shape index (κ2) is 7.74. The molecule has 1 atom stereocenters. The van der Waals surface area contributed by atoms with Crippen molar-refractivity contribution < 1.29 is 9.53 Å². The van der Waals surface area contributed by atoms with E-state index in [0.29, 0.717) is 26.8 Å². The summed E-state index contributed by atoms with van der Waals surface area (Å²) in [6.07, 6.45) is 0. The lowest BCUT2D eigenvalue weighted by molar-refractivity contribution is -0.115. The van der Waals surface area contributed by atoms with Crippen LogP contribution in [0.4, 0.5) is 5.69 Å². The lowest BCUT2D eigenvalue weighted by Crippen LogP contribution is -2.25. The van der Waals surface area contributed by atoms with Gasteiger partial charge in [-0.3, -0.25) is 14.2 Å². The molecule has 1 aromatic carbocycles. The zero-order valence-electron chi connectivity index (χ0n) is 15.8. The summed E-state index contributed by atoms with van der Waals surface area (Å²) in [5.41, 5.74) is 1.50. The van der Waals surface area contributed by atoms with Crippen LogP contribution in [-0.4, -0.2) is 27.8 Å². The third-order valence-electron chi connectivity index (χ3n) is 4.39. The van der Waals surface area contributed by atoms with Gasteiger partial charge in [0.25, 0.3) is 5.56 Å². The Morgan fingerprint density at radius 1 is 1.33 bits per heavy atom. The van der Waals surface area contributed by atoms with E-state index in [2.05, 4.69) is 10.3 Å². The number of carbonyl (C=O) groups is 1. The zero-order valence-corrected chi connectivity index (χ0v) is 17.5. The fraction of sp³-hybridized carbons (Fsp3) is 0.316. The number of rotatable bonds is 5. The number of hydrogen-bond donors (Lipinski definition) is 1. The molecule has 27 heavy (non-hydrogen) atoms. The maximum atomic E-state index is 12.7. The van der Waals surface area contributed by atoms with Crippen molar-refractivity contribution >= 4 is 44.9 Å². The summed E-state index contributed by atoms with van der Waals surface area (Å²) in [5.74, 6) is 0.414. The minimum atomic E-state index is -0.437. The number of anilines is 1. The van der Waals surface area contributed by atoms with E-state index in [0.717, 1.165) is 10.4 Å². The van der Waals surface area contributed by atoms with Crippen molar-refractivity contribution in [1.29, 1.82) is 0 Å². The summed E-state index contributed by atoms with van der Waals surface area (Å²) < 4.78 is 6.78. The predicted octanol–water partition coefficient (Wildman–Crippen LogP) is 3.74.